The molecule has 2 rings (SSSR count). The number of aryl methyl sites for hydroxylation is 3. The summed E-state index contributed by atoms with van der Waals surface area (Å²) in [7, 11) is 1.37. The van der Waals surface area contributed by atoms with Gasteiger partial charge in [0.1, 0.15) is 17.3 Å². The van der Waals surface area contributed by atoms with E-state index in [2.05, 4.69) is 9.97 Å². The Balaban J connectivity index is 2.16. The fourth-order valence-corrected chi connectivity index (χ4v) is 1.87. The molecular weight excluding hydrogens is 232 g/mol. The van der Waals surface area contributed by atoms with Crippen LogP contribution in [-0.2, 0) is 17.8 Å². The van der Waals surface area contributed by atoms with Crippen molar-refractivity contribution in [2.24, 2.45) is 0 Å². The summed E-state index contributed by atoms with van der Waals surface area (Å²) in [5, 5.41) is 0. The molecule has 0 aromatic carbocycles. The molecule has 0 radical (unpaired) electrons. The van der Waals surface area contributed by atoms with Gasteiger partial charge in [0, 0.05) is 25.5 Å². The van der Waals surface area contributed by atoms with Gasteiger partial charge < -0.3 is 13.9 Å². The molecule has 18 heavy (non-hydrogen) atoms. The van der Waals surface area contributed by atoms with Crippen LogP contribution in [0.2, 0.25) is 0 Å². The summed E-state index contributed by atoms with van der Waals surface area (Å²) in [6.45, 7) is 5.22. The first-order chi connectivity index (χ1) is 8.63. The molecule has 2 aromatic heterocycles. The fraction of sp³-hybridized carbons (Fsp3) is 0.417. The normalized spacial score (nSPS) is 10.6. The molecule has 0 spiro atoms. The zero-order chi connectivity index (χ0) is 13.1. The Morgan fingerprint density at radius 3 is 2.67 bits per heavy atom. The SMILES string of the molecule is COC(=O)c1cnc(C)n1CCn1ccnc1C. The number of hydrogen-bond donors (Lipinski definition) is 0. The minimum absolute atomic E-state index is 0.363. The molecule has 0 amide bonds. The van der Waals surface area contributed by atoms with Crippen LogP contribution in [0.3, 0.4) is 0 Å². The van der Waals surface area contributed by atoms with Gasteiger partial charge >= 0.3 is 5.97 Å². The Kier molecular flexibility index (Phi) is 3.45. The third kappa shape index (κ3) is 2.27. The summed E-state index contributed by atoms with van der Waals surface area (Å²) >= 11 is 0. The van der Waals surface area contributed by atoms with Crippen molar-refractivity contribution < 1.29 is 9.53 Å². The van der Waals surface area contributed by atoms with Crippen LogP contribution < -0.4 is 0 Å². The summed E-state index contributed by atoms with van der Waals surface area (Å²) in [6, 6.07) is 0. The Morgan fingerprint density at radius 1 is 1.28 bits per heavy atom. The minimum atomic E-state index is -0.363. The van der Waals surface area contributed by atoms with Crippen molar-refractivity contribution in [3.63, 3.8) is 0 Å². The predicted octanol–water partition coefficient (Wildman–Crippen LogP) is 1.18. The van der Waals surface area contributed by atoms with E-state index >= 15 is 0 Å². The first-order valence-corrected chi connectivity index (χ1v) is 5.71. The Morgan fingerprint density at radius 2 is 2.06 bits per heavy atom. The highest BCUT2D eigenvalue weighted by molar-refractivity contribution is 5.87. The highest BCUT2D eigenvalue weighted by Gasteiger charge is 2.14. The zero-order valence-corrected chi connectivity index (χ0v) is 10.8. The molecule has 6 heteroatoms. The van der Waals surface area contributed by atoms with E-state index < -0.39 is 0 Å². The molecular formula is C12H16N4O2. The maximum absolute atomic E-state index is 11.6. The maximum Gasteiger partial charge on any atom is 0.356 e. The van der Waals surface area contributed by atoms with E-state index in [0.29, 0.717) is 12.2 Å². The number of rotatable bonds is 4. The van der Waals surface area contributed by atoms with Crippen LogP contribution in [0.25, 0.3) is 0 Å². The third-order valence-corrected chi connectivity index (χ3v) is 2.94. The number of carbonyl (C=O) groups excluding carboxylic acids is 1. The maximum atomic E-state index is 11.6. The molecule has 0 bridgehead atoms. The molecule has 2 heterocycles. The lowest BCUT2D eigenvalue weighted by molar-refractivity contribution is 0.0587. The van der Waals surface area contributed by atoms with Crippen molar-refractivity contribution >= 4 is 5.97 Å². The van der Waals surface area contributed by atoms with E-state index in [4.69, 9.17) is 4.74 Å². The summed E-state index contributed by atoms with van der Waals surface area (Å²) in [4.78, 5) is 19.9. The van der Waals surface area contributed by atoms with Crippen molar-refractivity contribution in [2.75, 3.05) is 7.11 Å². The molecule has 0 fully saturated rings. The van der Waals surface area contributed by atoms with Gasteiger partial charge in [0.2, 0.25) is 0 Å². The van der Waals surface area contributed by atoms with Gasteiger partial charge in [-0.05, 0) is 13.8 Å². The number of esters is 1. The quantitative estimate of drug-likeness (QED) is 0.762. The highest BCUT2D eigenvalue weighted by Crippen LogP contribution is 2.07. The van der Waals surface area contributed by atoms with Gasteiger partial charge in [-0.3, -0.25) is 0 Å². The second kappa shape index (κ2) is 5.03. The molecule has 0 unspecified atom stereocenters. The van der Waals surface area contributed by atoms with Crippen LogP contribution >= 0.6 is 0 Å². The molecule has 0 atom stereocenters. The number of carbonyl (C=O) groups is 1. The smallest absolute Gasteiger partial charge is 0.356 e. The third-order valence-electron chi connectivity index (χ3n) is 2.94. The molecule has 0 aliphatic carbocycles. The number of imidazole rings is 2. The fourth-order valence-electron chi connectivity index (χ4n) is 1.87. The zero-order valence-electron chi connectivity index (χ0n) is 10.8. The average Bonchev–Trinajstić information content (AvgIpc) is 2.92. The van der Waals surface area contributed by atoms with Gasteiger partial charge in [0.25, 0.3) is 0 Å². The van der Waals surface area contributed by atoms with Crippen molar-refractivity contribution in [3.8, 4) is 0 Å². The summed E-state index contributed by atoms with van der Waals surface area (Å²) < 4.78 is 8.61. The molecule has 6 nitrogen and oxygen atoms in total. The van der Waals surface area contributed by atoms with Gasteiger partial charge in [-0.1, -0.05) is 0 Å². The molecule has 0 saturated heterocycles. The Hall–Kier alpha value is -2.11. The van der Waals surface area contributed by atoms with Crippen LogP contribution in [-0.4, -0.2) is 32.2 Å². The summed E-state index contributed by atoms with van der Waals surface area (Å²) in [5.41, 5.74) is 0.479. The van der Waals surface area contributed by atoms with Crippen molar-refractivity contribution in [2.45, 2.75) is 26.9 Å². The molecule has 0 N–H and O–H groups in total. The van der Waals surface area contributed by atoms with Gasteiger partial charge in [-0.25, -0.2) is 14.8 Å². The van der Waals surface area contributed by atoms with E-state index in [9.17, 15) is 4.79 Å². The average molecular weight is 248 g/mol. The number of nitrogens with zero attached hydrogens (tertiary/aromatic N) is 4. The monoisotopic (exact) mass is 248 g/mol. The van der Waals surface area contributed by atoms with E-state index in [1.165, 1.54) is 7.11 Å². The second-order valence-corrected chi connectivity index (χ2v) is 4.00. The lowest BCUT2D eigenvalue weighted by Gasteiger charge is -2.10. The van der Waals surface area contributed by atoms with Gasteiger partial charge in [-0.15, -0.1) is 0 Å². The second-order valence-electron chi connectivity index (χ2n) is 4.00. The van der Waals surface area contributed by atoms with Crippen molar-refractivity contribution in [1.29, 1.82) is 0 Å². The molecule has 0 saturated carbocycles. The topological polar surface area (TPSA) is 61.9 Å². The molecule has 0 aliphatic rings. The molecule has 2 aromatic rings. The van der Waals surface area contributed by atoms with Gasteiger partial charge in [0.15, 0.2) is 0 Å². The van der Waals surface area contributed by atoms with E-state index in [1.54, 1.807) is 12.4 Å². The summed E-state index contributed by atoms with van der Waals surface area (Å²) in [5.74, 6) is 1.39. The van der Waals surface area contributed by atoms with E-state index in [1.807, 2.05) is 29.2 Å². The van der Waals surface area contributed by atoms with E-state index in [0.717, 1.165) is 18.2 Å². The van der Waals surface area contributed by atoms with Gasteiger partial charge in [0.05, 0.1) is 13.3 Å². The first kappa shape index (κ1) is 12.3. The Labute approximate surface area is 105 Å². The predicted molar refractivity (Wildman–Crippen MR) is 65.3 cm³/mol. The largest absolute Gasteiger partial charge is 0.464 e. The van der Waals surface area contributed by atoms with Crippen LogP contribution in [0.1, 0.15) is 22.1 Å². The number of hydrogen-bond acceptors (Lipinski definition) is 4. The van der Waals surface area contributed by atoms with Crippen LogP contribution in [0, 0.1) is 13.8 Å². The van der Waals surface area contributed by atoms with E-state index in [-0.39, 0.29) is 5.97 Å². The van der Waals surface area contributed by atoms with Crippen LogP contribution in [0.4, 0.5) is 0 Å². The minimum Gasteiger partial charge on any atom is -0.464 e. The number of ether oxygens (including phenoxy) is 1. The van der Waals surface area contributed by atoms with Gasteiger partial charge in [-0.2, -0.15) is 0 Å². The highest BCUT2D eigenvalue weighted by atomic mass is 16.5. The van der Waals surface area contributed by atoms with Crippen LogP contribution in [0.15, 0.2) is 18.6 Å². The first-order valence-electron chi connectivity index (χ1n) is 5.71. The van der Waals surface area contributed by atoms with Crippen LogP contribution in [0.5, 0.6) is 0 Å². The molecule has 0 aliphatic heterocycles. The lowest BCUT2D eigenvalue weighted by Crippen LogP contribution is -2.15. The lowest BCUT2D eigenvalue weighted by atomic mass is 10.4. The molecule has 96 valence electrons. The standard InChI is InChI=1S/C12H16N4O2/c1-9-13-4-5-15(9)6-7-16-10(2)14-8-11(16)12(17)18-3/h4-5,8H,6-7H2,1-3H3. The Bertz CT molecular complexity index is 556. The van der Waals surface area contributed by atoms with Crippen molar-refractivity contribution in [3.05, 3.63) is 35.9 Å². The summed E-state index contributed by atoms with van der Waals surface area (Å²) in [6.07, 6.45) is 5.22. The van der Waals surface area contributed by atoms with Crippen molar-refractivity contribution in [1.82, 2.24) is 19.1 Å². The number of methoxy groups -OCH3 is 1. The number of aromatic nitrogens is 4.